The predicted molar refractivity (Wildman–Crippen MR) is 92.7 cm³/mol. The van der Waals surface area contributed by atoms with Crippen LogP contribution in [-0.2, 0) is 28.9 Å². The number of hydrogen-bond donors (Lipinski definition) is 0. The van der Waals surface area contributed by atoms with Gasteiger partial charge in [0.25, 0.3) is 5.56 Å². The van der Waals surface area contributed by atoms with Crippen LogP contribution in [0.3, 0.4) is 0 Å². The van der Waals surface area contributed by atoms with Crippen LogP contribution in [0.2, 0.25) is 0 Å². The highest BCUT2D eigenvalue weighted by molar-refractivity contribution is 5.81. The number of ether oxygens (including phenoxy) is 1. The molecule has 1 aromatic carbocycles. The van der Waals surface area contributed by atoms with Gasteiger partial charge in [-0.3, -0.25) is 9.59 Å². The standard InChI is InChI=1S/C19H14F3NO5/c1-11-2-4-14-12(7-17(25)28-15(14)6-11)10-27-18(26)9-23-8-13(19(20,21)22)3-5-16(23)24/h2-8H,9-10H2,1H3. The molecule has 0 aliphatic rings. The van der Waals surface area contributed by atoms with Crippen molar-refractivity contribution in [2.75, 3.05) is 0 Å². The molecule has 0 fully saturated rings. The molecule has 0 aliphatic carbocycles. The Morgan fingerprint density at radius 3 is 2.61 bits per heavy atom. The summed E-state index contributed by atoms with van der Waals surface area (Å²) in [4.78, 5) is 35.4. The van der Waals surface area contributed by atoms with Gasteiger partial charge in [-0.05, 0) is 24.6 Å². The van der Waals surface area contributed by atoms with E-state index in [1.807, 2.05) is 6.92 Å². The molecule has 0 bridgehead atoms. The number of nitrogens with zero attached hydrogens (tertiary/aromatic N) is 1. The summed E-state index contributed by atoms with van der Waals surface area (Å²) in [6.07, 6.45) is -4.09. The molecule has 0 radical (unpaired) electrons. The summed E-state index contributed by atoms with van der Waals surface area (Å²) in [5.74, 6) is -0.921. The van der Waals surface area contributed by atoms with Gasteiger partial charge in [0.2, 0.25) is 0 Å². The summed E-state index contributed by atoms with van der Waals surface area (Å²) < 4.78 is 49.0. The quantitative estimate of drug-likeness (QED) is 0.503. The van der Waals surface area contributed by atoms with Crippen LogP contribution < -0.4 is 11.2 Å². The van der Waals surface area contributed by atoms with Crippen molar-refractivity contribution in [2.24, 2.45) is 0 Å². The van der Waals surface area contributed by atoms with Gasteiger partial charge in [-0.2, -0.15) is 13.2 Å². The number of rotatable bonds is 4. The topological polar surface area (TPSA) is 78.5 Å². The largest absolute Gasteiger partial charge is 0.459 e. The van der Waals surface area contributed by atoms with Gasteiger partial charge in [-0.1, -0.05) is 12.1 Å². The van der Waals surface area contributed by atoms with Gasteiger partial charge < -0.3 is 13.7 Å². The molecule has 146 valence electrons. The lowest BCUT2D eigenvalue weighted by Crippen LogP contribution is -2.26. The van der Waals surface area contributed by atoms with Crippen LogP contribution in [0.4, 0.5) is 13.2 Å². The van der Waals surface area contributed by atoms with E-state index in [0.717, 1.165) is 11.6 Å². The average molecular weight is 393 g/mol. The molecule has 0 unspecified atom stereocenters. The molecule has 0 atom stereocenters. The number of halogens is 3. The van der Waals surface area contributed by atoms with Crippen LogP contribution in [0.1, 0.15) is 16.7 Å². The van der Waals surface area contributed by atoms with Crippen LogP contribution in [-0.4, -0.2) is 10.5 Å². The molecule has 28 heavy (non-hydrogen) atoms. The Hall–Kier alpha value is -3.36. The SMILES string of the molecule is Cc1ccc2c(COC(=O)Cn3cc(C(F)(F)F)ccc3=O)cc(=O)oc2c1. The molecule has 0 amide bonds. The normalized spacial score (nSPS) is 11.6. The van der Waals surface area contributed by atoms with Crippen molar-refractivity contribution in [2.45, 2.75) is 26.3 Å². The molecular weight excluding hydrogens is 379 g/mol. The maximum atomic E-state index is 12.8. The summed E-state index contributed by atoms with van der Waals surface area (Å²) >= 11 is 0. The van der Waals surface area contributed by atoms with Crippen molar-refractivity contribution < 1.29 is 27.1 Å². The van der Waals surface area contributed by atoms with Crippen molar-refractivity contribution in [3.05, 3.63) is 80.1 Å². The minimum absolute atomic E-state index is 0.294. The Morgan fingerprint density at radius 2 is 1.89 bits per heavy atom. The zero-order valence-electron chi connectivity index (χ0n) is 14.6. The Bertz CT molecular complexity index is 1160. The summed E-state index contributed by atoms with van der Waals surface area (Å²) in [5, 5.41) is 0.564. The molecule has 2 heterocycles. The van der Waals surface area contributed by atoms with Crippen molar-refractivity contribution in [1.29, 1.82) is 0 Å². The fraction of sp³-hybridized carbons (Fsp3) is 0.211. The van der Waals surface area contributed by atoms with Crippen LogP contribution in [0, 0.1) is 6.92 Å². The molecule has 2 aromatic heterocycles. The van der Waals surface area contributed by atoms with E-state index < -0.39 is 35.4 Å². The highest BCUT2D eigenvalue weighted by Crippen LogP contribution is 2.28. The van der Waals surface area contributed by atoms with Crippen LogP contribution in [0.15, 0.2) is 56.6 Å². The summed E-state index contributed by atoms with van der Waals surface area (Å²) in [5.41, 5.74) is -0.872. The maximum Gasteiger partial charge on any atom is 0.417 e. The fourth-order valence-electron chi connectivity index (χ4n) is 2.62. The molecule has 6 nitrogen and oxygen atoms in total. The monoisotopic (exact) mass is 393 g/mol. The lowest BCUT2D eigenvalue weighted by molar-refractivity contribution is -0.146. The number of aryl methyl sites for hydroxylation is 1. The number of pyridine rings is 1. The summed E-state index contributed by atoms with van der Waals surface area (Å²) in [7, 11) is 0. The molecule has 3 rings (SSSR count). The number of carbonyl (C=O) groups is 1. The predicted octanol–water partition coefficient (Wildman–Crippen LogP) is 3.03. The van der Waals surface area contributed by atoms with E-state index in [9.17, 15) is 27.6 Å². The van der Waals surface area contributed by atoms with E-state index in [0.29, 0.717) is 33.4 Å². The van der Waals surface area contributed by atoms with E-state index in [1.165, 1.54) is 6.07 Å². The van der Waals surface area contributed by atoms with Gasteiger partial charge in [0.05, 0.1) is 5.56 Å². The minimum Gasteiger partial charge on any atom is -0.459 e. The zero-order valence-corrected chi connectivity index (χ0v) is 14.6. The molecular formula is C19H14F3NO5. The smallest absolute Gasteiger partial charge is 0.417 e. The number of hydrogen-bond acceptors (Lipinski definition) is 5. The van der Waals surface area contributed by atoms with E-state index in [2.05, 4.69) is 0 Å². The van der Waals surface area contributed by atoms with Crippen molar-refractivity contribution in [3.63, 3.8) is 0 Å². The number of alkyl halides is 3. The first kappa shape index (κ1) is 19.4. The maximum absolute atomic E-state index is 12.8. The number of fused-ring (bicyclic) bond motifs is 1. The van der Waals surface area contributed by atoms with E-state index in [-0.39, 0.29) is 6.61 Å². The number of esters is 1. The van der Waals surface area contributed by atoms with Crippen molar-refractivity contribution >= 4 is 16.9 Å². The Labute approximate surface area is 155 Å². The van der Waals surface area contributed by atoms with Crippen molar-refractivity contribution in [3.8, 4) is 0 Å². The summed E-state index contributed by atoms with van der Waals surface area (Å²) in [6.45, 7) is 0.831. The lowest BCUT2D eigenvalue weighted by Gasteiger charge is -2.11. The van der Waals surface area contributed by atoms with Gasteiger partial charge in [0.15, 0.2) is 0 Å². The Balaban J connectivity index is 1.78. The second-order valence-electron chi connectivity index (χ2n) is 6.13. The number of carbonyl (C=O) groups excluding carboxylic acids is 1. The molecule has 0 aliphatic heterocycles. The molecule has 0 saturated carbocycles. The third-order valence-corrected chi connectivity index (χ3v) is 3.98. The second kappa shape index (κ2) is 7.34. The minimum atomic E-state index is -4.64. The third kappa shape index (κ3) is 4.30. The Morgan fingerprint density at radius 1 is 1.14 bits per heavy atom. The van der Waals surface area contributed by atoms with E-state index in [1.54, 1.807) is 18.2 Å². The van der Waals surface area contributed by atoms with Gasteiger partial charge >= 0.3 is 17.8 Å². The van der Waals surface area contributed by atoms with Gasteiger partial charge in [0, 0.05) is 29.3 Å². The molecule has 9 heteroatoms. The van der Waals surface area contributed by atoms with Gasteiger partial charge in [0.1, 0.15) is 18.7 Å². The van der Waals surface area contributed by atoms with Gasteiger partial charge in [-0.15, -0.1) is 0 Å². The van der Waals surface area contributed by atoms with Crippen LogP contribution >= 0.6 is 0 Å². The molecule has 0 saturated heterocycles. The van der Waals surface area contributed by atoms with Gasteiger partial charge in [-0.25, -0.2) is 4.79 Å². The summed E-state index contributed by atoms with van der Waals surface area (Å²) in [6, 6.07) is 7.69. The zero-order chi connectivity index (χ0) is 20.5. The van der Waals surface area contributed by atoms with Crippen LogP contribution in [0.25, 0.3) is 11.0 Å². The third-order valence-electron chi connectivity index (χ3n) is 3.98. The first-order chi connectivity index (χ1) is 13.1. The molecule has 0 spiro atoms. The first-order valence-electron chi connectivity index (χ1n) is 8.10. The molecule has 3 aromatic rings. The lowest BCUT2D eigenvalue weighted by atomic mass is 10.1. The Kier molecular flexibility index (Phi) is 5.08. The number of aromatic nitrogens is 1. The van der Waals surface area contributed by atoms with Crippen LogP contribution in [0.5, 0.6) is 0 Å². The van der Waals surface area contributed by atoms with Crippen molar-refractivity contribution in [1.82, 2.24) is 4.57 Å². The van der Waals surface area contributed by atoms with E-state index in [4.69, 9.17) is 9.15 Å². The molecule has 0 N–H and O–H groups in total. The average Bonchev–Trinajstić information content (AvgIpc) is 2.60. The number of benzene rings is 1. The van der Waals surface area contributed by atoms with E-state index >= 15 is 0 Å². The fourth-order valence-corrected chi connectivity index (χ4v) is 2.62. The highest BCUT2D eigenvalue weighted by atomic mass is 19.4. The first-order valence-corrected chi connectivity index (χ1v) is 8.10. The highest BCUT2D eigenvalue weighted by Gasteiger charge is 2.31. The second-order valence-corrected chi connectivity index (χ2v) is 6.13.